The van der Waals surface area contributed by atoms with Gasteiger partial charge in [0.1, 0.15) is 34.3 Å². The van der Waals surface area contributed by atoms with Crippen molar-refractivity contribution >= 4 is 17.7 Å². The van der Waals surface area contributed by atoms with Crippen molar-refractivity contribution in [3.8, 4) is 12.1 Å². The second-order valence-corrected chi connectivity index (χ2v) is 8.53. The molecule has 0 fully saturated rings. The predicted octanol–water partition coefficient (Wildman–Crippen LogP) is 4.43. The van der Waals surface area contributed by atoms with Crippen molar-refractivity contribution in [2.24, 2.45) is 5.73 Å². The molecule has 34 heavy (non-hydrogen) atoms. The van der Waals surface area contributed by atoms with E-state index in [2.05, 4.69) is 11.1 Å². The van der Waals surface area contributed by atoms with Gasteiger partial charge in [0.15, 0.2) is 0 Å². The van der Waals surface area contributed by atoms with Crippen molar-refractivity contribution in [1.82, 2.24) is 4.98 Å². The average Bonchev–Trinajstić information content (AvgIpc) is 2.81. The molecule has 0 amide bonds. The fraction of sp³-hybridized carbons (Fsp3) is 0.280. The maximum Gasteiger partial charge on any atom is 0.338 e. The largest absolute Gasteiger partial charge is 0.463 e. The number of thioether (sulfide) groups is 1. The Morgan fingerprint density at radius 3 is 2.47 bits per heavy atom. The van der Waals surface area contributed by atoms with Gasteiger partial charge >= 0.3 is 5.97 Å². The number of hydrogen-bond acceptors (Lipinski definition) is 8. The summed E-state index contributed by atoms with van der Waals surface area (Å²) in [5, 5.41) is 19.9. The van der Waals surface area contributed by atoms with Crippen molar-refractivity contribution in [3.63, 3.8) is 0 Å². The third-order valence-electron chi connectivity index (χ3n) is 5.61. The number of aromatic nitrogens is 1. The summed E-state index contributed by atoms with van der Waals surface area (Å²) in [5.74, 6) is -1.87. The van der Waals surface area contributed by atoms with Crippen LogP contribution >= 0.6 is 11.8 Å². The monoisotopic (exact) mass is 478 g/mol. The fourth-order valence-corrected chi connectivity index (χ4v) is 4.65. The Hall–Kier alpha value is -3.82. The highest BCUT2D eigenvalue weighted by atomic mass is 32.2. The minimum absolute atomic E-state index is 0.0290. The van der Waals surface area contributed by atoms with E-state index in [1.165, 1.54) is 36.0 Å². The highest BCUT2D eigenvalue weighted by Crippen LogP contribution is 2.41. The molecule has 3 rings (SSSR count). The van der Waals surface area contributed by atoms with Crippen molar-refractivity contribution in [2.45, 2.75) is 38.6 Å². The lowest BCUT2D eigenvalue weighted by molar-refractivity contribution is -0.139. The predicted molar refractivity (Wildman–Crippen MR) is 125 cm³/mol. The number of carbonyl (C=O) groups is 1. The molecule has 1 unspecified atom stereocenters. The number of ether oxygens (including phenoxy) is 2. The molecule has 0 spiro atoms. The summed E-state index contributed by atoms with van der Waals surface area (Å²) < 4.78 is 24.6. The summed E-state index contributed by atoms with van der Waals surface area (Å²) in [6, 6.07) is 9.67. The minimum atomic E-state index is -0.890. The number of halogens is 1. The van der Waals surface area contributed by atoms with E-state index in [-0.39, 0.29) is 35.1 Å². The van der Waals surface area contributed by atoms with Crippen LogP contribution < -0.4 is 5.73 Å². The quantitative estimate of drug-likeness (QED) is 0.478. The Morgan fingerprint density at radius 1 is 1.21 bits per heavy atom. The maximum absolute atomic E-state index is 13.6. The number of esters is 1. The molecule has 2 aromatic rings. The minimum Gasteiger partial charge on any atom is -0.463 e. The molecule has 0 saturated heterocycles. The molecular weight excluding hydrogens is 455 g/mol. The number of nitriles is 2. The Labute approximate surface area is 201 Å². The van der Waals surface area contributed by atoms with E-state index in [0.29, 0.717) is 16.2 Å². The normalized spacial score (nSPS) is 15.4. The van der Waals surface area contributed by atoms with Gasteiger partial charge in [-0.15, -0.1) is 0 Å². The van der Waals surface area contributed by atoms with E-state index in [4.69, 9.17) is 15.2 Å². The van der Waals surface area contributed by atoms with Crippen LogP contribution in [0, 0.1) is 49.3 Å². The van der Waals surface area contributed by atoms with E-state index in [1.54, 1.807) is 6.92 Å². The number of nitrogens with zero attached hydrogens (tertiary/aromatic N) is 3. The highest BCUT2D eigenvalue weighted by Gasteiger charge is 2.37. The molecule has 2 heterocycles. The van der Waals surface area contributed by atoms with E-state index >= 15 is 0 Å². The van der Waals surface area contributed by atoms with Gasteiger partial charge in [0, 0.05) is 5.69 Å². The number of allylic oxidation sites excluding steroid dienone is 1. The van der Waals surface area contributed by atoms with Gasteiger partial charge in [-0.1, -0.05) is 23.9 Å². The van der Waals surface area contributed by atoms with Crippen molar-refractivity contribution < 1.29 is 18.7 Å². The fourth-order valence-electron chi connectivity index (χ4n) is 3.63. The van der Waals surface area contributed by atoms with Crippen molar-refractivity contribution in [3.05, 3.63) is 80.8 Å². The lowest BCUT2D eigenvalue weighted by Crippen LogP contribution is -2.27. The van der Waals surface area contributed by atoms with Gasteiger partial charge in [-0.3, -0.25) is 0 Å². The van der Waals surface area contributed by atoms with E-state index in [1.807, 2.05) is 26.8 Å². The van der Waals surface area contributed by atoms with Gasteiger partial charge in [0.2, 0.25) is 5.88 Å². The molecule has 1 atom stereocenters. The van der Waals surface area contributed by atoms with E-state index in [0.717, 1.165) is 16.8 Å². The zero-order valence-corrected chi connectivity index (χ0v) is 20.0. The number of pyridine rings is 1. The maximum atomic E-state index is 13.6. The first-order chi connectivity index (χ1) is 16.2. The van der Waals surface area contributed by atoms with Crippen molar-refractivity contribution in [1.29, 1.82) is 10.5 Å². The molecule has 0 bridgehead atoms. The summed E-state index contributed by atoms with van der Waals surface area (Å²) in [4.78, 5) is 17.6. The molecule has 1 aliphatic rings. The van der Waals surface area contributed by atoms with Gasteiger partial charge in [0.05, 0.1) is 29.4 Å². The van der Waals surface area contributed by atoms with Gasteiger partial charge in [-0.25, -0.2) is 14.2 Å². The molecule has 0 radical (unpaired) electrons. The van der Waals surface area contributed by atoms with Crippen LogP contribution in [0.15, 0.2) is 52.1 Å². The first-order valence-electron chi connectivity index (χ1n) is 10.5. The molecular formula is C25H23FN4O3S. The summed E-state index contributed by atoms with van der Waals surface area (Å²) in [7, 11) is 0. The Balaban J connectivity index is 2.12. The Bertz CT molecular complexity index is 1290. The molecule has 9 heteroatoms. The van der Waals surface area contributed by atoms with E-state index in [9.17, 15) is 19.7 Å². The third kappa shape index (κ3) is 4.75. The van der Waals surface area contributed by atoms with Gasteiger partial charge in [0.25, 0.3) is 0 Å². The van der Waals surface area contributed by atoms with Crippen LogP contribution in [0.3, 0.4) is 0 Å². The summed E-state index contributed by atoms with van der Waals surface area (Å²) in [6.07, 6.45) is 0. The number of benzene rings is 1. The average molecular weight is 479 g/mol. The van der Waals surface area contributed by atoms with Crippen LogP contribution in [0.25, 0.3) is 0 Å². The summed E-state index contributed by atoms with van der Waals surface area (Å²) in [5.41, 5.74) is 9.69. The van der Waals surface area contributed by atoms with E-state index < -0.39 is 17.7 Å². The zero-order valence-electron chi connectivity index (χ0n) is 19.2. The van der Waals surface area contributed by atoms with Gasteiger partial charge < -0.3 is 15.2 Å². The molecule has 1 aromatic heterocycles. The van der Waals surface area contributed by atoms with Crippen molar-refractivity contribution in [2.75, 3.05) is 12.4 Å². The van der Waals surface area contributed by atoms with Crippen LogP contribution in [0.5, 0.6) is 0 Å². The molecule has 1 aliphatic heterocycles. The molecule has 0 saturated carbocycles. The number of aryl methyl sites for hydroxylation is 1. The highest BCUT2D eigenvalue weighted by molar-refractivity contribution is 7.99. The van der Waals surface area contributed by atoms with Crippen LogP contribution in [-0.2, 0) is 14.3 Å². The number of nitrogens with two attached hydrogens (primary N) is 1. The lowest BCUT2D eigenvalue weighted by atomic mass is 9.83. The SMILES string of the molecule is CCOC(=O)C1=C(CSc2nc(C)c(C)c(C)c2C#N)OC(N)=C(C#N)C1c1ccc(F)cc1. The van der Waals surface area contributed by atoms with Crippen LogP contribution in [0.1, 0.15) is 40.8 Å². The number of rotatable bonds is 6. The smallest absolute Gasteiger partial charge is 0.338 e. The van der Waals surface area contributed by atoms with Gasteiger partial charge in [-0.2, -0.15) is 10.5 Å². The summed E-state index contributed by atoms with van der Waals surface area (Å²) >= 11 is 1.22. The molecule has 0 aliphatic carbocycles. The summed E-state index contributed by atoms with van der Waals surface area (Å²) in [6.45, 7) is 7.40. The first kappa shape index (κ1) is 24.8. The second kappa shape index (κ2) is 10.4. The first-order valence-corrected chi connectivity index (χ1v) is 11.5. The topological polar surface area (TPSA) is 122 Å². The van der Waals surface area contributed by atoms with Gasteiger partial charge in [-0.05, 0) is 56.5 Å². The zero-order chi connectivity index (χ0) is 25.0. The lowest BCUT2D eigenvalue weighted by Gasteiger charge is -2.28. The third-order valence-corrected chi connectivity index (χ3v) is 6.59. The Morgan fingerprint density at radius 2 is 1.88 bits per heavy atom. The van der Waals surface area contributed by atoms with Crippen LogP contribution in [0.2, 0.25) is 0 Å². The van der Waals surface area contributed by atoms with Crippen LogP contribution in [-0.4, -0.2) is 23.3 Å². The molecule has 7 nitrogen and oxygen atoms in total. The second-order valence-electron chi connectivity index (χ2n) is 7.56. The standard InChI is InChI=1S/C25H23FN4O3S/c1-5-32-25(31)22-20(12-34-24-18(10-27)14(3)13(2)15(4)30-24)33-23(29)19(11-28)21(22)16-6-8-17(26)9-7-16/h6-9,21H,5,12,29H2,1-4H3. The number of carbonyl (C=O) groups excluding carboxylic acids is 1. The molecule has 1 aromatic carbocycles. The molecule has 174 valence electrons. The Kier molecular flexibility index (Phi) is 7.60. The van der Waals surface area contributed by atoms with Crippen LogP contribution in [0.4, 0.5) is 4.39 Å². The number of hydrogen-bond donors (Lipinski definition) is 1. The molecule has 2 N–H and O–H groups in total.